The van der Waals surface area contributed by atoms with Gasteiger partial charge in [-0.3, -0.25) is 15.4 Å². The molecule has 0 aliphatic heterocycles. The molecule has 150 valence electrons. The molecule has 0 spiro atoms. The van der Waals surface area contributed by atoms with Crippen LogP contribution in [0.1, 0.15) is 13.8 Å². The molecule has 3 heterocycles. The fourth-order valence-corrected chi connectivity index (χ4v) is 3.33. The van der Waals surface area contributed by atoms with Crippen LogP contribution in [0.25, 0.3) is 27.8 Å². The van der Waals surface area contributed by atoms with E-state index in [-0.39, 0.29) is 22.6 Å². The summed E-state index contributed by atoms with van der Waals surface area (Å²) in [6, 6.07) is -0.000859. The molecule has 11 heteroatoms. The SMILES string of the molecule is COC(=O)Nc1cn2cc(-c3c(Cl)c(F)c(NC(C)C)c4[nH]ncc34)ncc2n1. The quantitative estimate of drug-likeness (QED) is 0.462. The summed E-state index contributed by atoms with van der Waals surface area (Å²) in [4.78, 5) is 20.0. The Kier molecular flexibility index (Phi) is 4.71. The van der Waals surface area contributed by atoms with Crippen LogP contribution in [0.5, 0.6) is 0 Å². The van der Waals surface area contributed by atoms with Crippen molar-refractivity contribution in [2.75, 3.05) is 17.7 Å². The van der Waals surface area contributed by atoms with Crippen LogP contribution >= 0.6 is 11.6 Å². The number of nitrogens with zero attached hydrogens (tertiary/aromatic N) is 4. The van der Waals surface area contributed by atoms with E-state index in [2.05, 4.69) is 35.5 Å². The lowest BCUT2D eigenvalue weighted by atomic mass is 10.1. The summed E-state index contributed by atoms with van der Waals surface area (Å²) in [6.07, 6.45) is 5.67. The number of hydrogen-bond acceptors (Lipinski definition) is 6. The predicted molar refractivity (Wildman–Crippen MR) is 108 cm³/mol. The Bertz CT molecular complexity index is 1230. The fourth-order valence-electron chi connectivity index (χ4n) is 3.03. The van der Waals surface area contributed by atoms with Crippen LogP contribution in [0.15, 0.2) is 24.8 Å². The Morgan fingerprint density at radius 3 is 2.86 bits per heavy atom. The number of ether oxygens (including phenoxy) is 1. The maximum atomic E-state index is 15.1. The van der Waals surface area contributed by atoms with Crippen molar-refractivity contribution in [2.45, 2.75) is 19.9 Å². The highest BCUT2D eigenvalue weighted by Crippen LogP contribution is 2.40. The number of aromatic amines is 1. The van der Waals surface area contributed by atoms with Gasteiger partial charge in [0.2, 0.25) is 0 Å². The Morgan fingerprint density at radius 2 is 2.14 bits per heavy atom. The van der Waals surface area contributed by atoms with Gasteiger partial charge in [0.25, 0.3) is 0 Å². The molecular weight excluding hydrogens is 401 g/mol. The number of hydrogen-bond donors (Lipinski definition) is 3. The molecule has 9 nitrogen and oxygen atoms in total. The molecule has 1 aromatic carbocycles. The molecule has 0 radical (unpaired) electrons. The van der Waals surface area contributed by atoms with E-state index in [4.69, 9.17) is 11.6 Å². The van der Waals surface area contributed by atoms with Gasteiger partial charge in [0.05, 0.1) is 47.6 Å². The first kappa shape index (κ1) is 18.9. The molecule has 0 saturated carbocycles. The largest absolute Gasteiger partial charge is 0.453 e. The number of nitrogens with one attached hydrogen (secondary N) is 3. The summed E-state index contributed by atoms with van der Waals surface area (Å²) >= 11 is 6.40. The molecular formula is C18H17ClFN7O2. The predicted octanol–water partition coefficient (Wildman–Crippen LogP) is 4.06. The van der Waals surface area contributed by atoms with Crippen molar-refractivity contribution in [3.63, 3.8) is 0 Å². The standard InChI is InChI=1S/C18H17ClFN7O2/c1-8(2)23-17-15(20)14(19)13(9-4-22-26-16(9)17)10-6-27-7-11(25-18(28)29-3)24-12(27)5-21-10/h4-8,23H,1-3H3,(H,22,26)(H,25,28). The topological polar surface area (TPSA) is 109 Å². The van der Waals surface area contributed by atoms with Crippen LogP contribution in [-0.2, 0) is 4.74 Å². The van der Waals surface area contributed by atoms with Crippen molar-refractivity contribution in [3.05, 3.63) is 35.6 Å². The lowest BCUT2D eigenvalue weighted by Gasteiger charge is -2.15. The molecule has 0 fully saturated rings. The molecule has 0 bridgehead atoms. The number of H-pyrrole nitrogens is 1. The molecule has 0 unspecified atom stereocenters. The number of carbonyl (C=O) groups is 1. The fraction of sp³-hybridized carbons (Fsp3) is 0.222. The number of benzene rings is 1. The summed E-state index contributed by atoms with van der Waals surface area (Å²) in [7, 11) is 1.26. The van der Waals surface area contributed by atoms with E-state index in [1.807, 2.05) is 13.8 Å². The number of methoxy groups -OCH3 is 1. The summed E-state index contributed by atoms with van der Waals surface area (Å²) < 4.78 is 21.3. The zero-order valence-electron chi connectivity index (χ0n) is 15.7. The van der Waals surface area contributed by atoms with E-state index in [0.717, 1.165) is 0 Å². The molecule has 4 rings (SSSR count). The van der Waals surface area contributed by atoms with Crippen molar-refractivity contribution in [2.24, 2.45) is 0 Å². The van der Waals surface area contributed by atoms with Crippen molar-refractivity contribution < 1.29 is 13.9 Å². The highest BCUT2D eigenvalue weighted by atomic mass is 35.5. The second-order valence-corrected chi connectivity index (χ2v) is 6.99. The number of anilines is 2. The second-order valence-electron chi connectivity index (χ2n) is 6.62. The Labute approximate surface area is 169 Å². The Balaban J connectivity index is 1.86. The van der Waals surface area contributed by atoms with Gasteiger partial charge in [-0.1, -0.05) is 11.6 Å². The normalized spacial score (nSPS) is 11.4. The first-order chi connectivity index (χ1) is 13.9. The van der Waals surface area contributed by atoms with Crippen LogP contribution in [0, 0.1) is 5.82 Å². The van der Waals surface area contributed by atoms with Crippen LogP contribution < -0.4 is 10.6 Å². The monoisotopic (exact) mass is 417 g/mol. The highest BCUT2D eigenvalue weighted by Gasteiger charge is 2.22. The minimum Gasteiger partial charge on any atom is -0.453 e. The third kappa shape index (κ3) is 3.31. The molecule has 29 heavy (non-hydrogen) atoms. The molecule has 3 aromatic heterocycles. The van der Waals surface area contributed by atoms with E-state index in [1.165, 1.54) is 13.3 Å². The Morgan fingerprint density at radius 1 is 1.34 bits per heavy atom. The van der Waals surface area contributed by atoms with Crippen LogP contribution in [0.2, 0.25) is 5.02 Å². The van der Waals surface area contributed by atoms with E-state index >= 15 is 4.39 Å². The third-order valence-electron chi connectivity index (χ3n) is 4.24. The number of fused-ring (bicyclic) bond motifs is 2. The maximum Gasteiger partial charge on any atom is 0.412 e. The van der Waals surface area contributed by atoms with Crippen LogP contribution in [-0.4, -0.2) is 43.8 Å². The van der Waals surface area contributed by atoms with Crippen molar-refractivity contribution >= 4 is 45.7 Å². The molecule has 3 N–H and O–H groups in total. The second kappa shape index (κ2) is 7.21. The molecule has 0 aliphatic carbocycles. The third-order valence-corrected chi connectivity index (χ3v) is 4.59. The first-order valence-corrected chi connectivity index (χ1v) is 9.07. The van der Waals surface area contributed by atoms with Gasteiger partial charge in [0.1, 0.15) is 0 Å². The van der Waals surface area contributed by atoms with Crippen LogP contribution in [0.3, 0.4) is 0 Å². The number of rotatable bonds is 4. The average Bonchev–Trinajstić information content (AvgIpc) is 3.31. The molecule has 0 atom stereocenters. The van der Waals surface area contributed by atoms with Crippen LogP contribution in [0.4, 0.5) is 20.7 Å². The van der Waals surface area contributed by atoms with Crippen molar-refractivity contribution in [1.82, 2.24) is 24.6 Å². The average molecular weight is 418 g/mol. The van der Waals surface area contributed by atoms with Crippen molar-refractivity contribution in [3.8, 4) is 11.3 Å². The maximum absolute atomic E-state index is 15.1. The number of amides is 1. The first-order valence-electron chi connectivity index (χ1n) is 8.69. The van der Waals surface area contributed by atoms with Gasteiger partial charge < -0.3 is 14.5 Å². The molecule has 0 aliphatic rings. The van der Waals surface area contributed by atoms with Gasteiger partial charge in [0.15, 0.2) is 17.3 Å². The van der Waals surface area contributed by atoms with Gasteiger partial charge in [-0.25, -0.2) is 14.2 Å². The number of aromatic nitrogens is 5. The van der Waals surface area contributed by atoms with Gasteiger partial charge >= 0.3 is 6.09 Å². The minimum absolute atomic E-state index is 0.000859. The van der Waals surface area contributed by atoms with Gasteiger partial charge in [-0.15, -0.1) is 0 Å². The lowest BCUT2D eigenvalue weighted by Crippen LogP contribution is -2.12. The molecule has 1 amide bonds. The number of carbonyl (C=O) groups excluding carboxylic acids is 1. The number of imidazole rings is 1. The van der Waals surface area contributed by atoms with E-state index in [1.54, 1.807) is 23.0 Å². The van der Waals surface area contributed by atoms with E-state index in [0.29, 0.717) is 27.8 Å². The van der Waals surface area contributed by atoms with E-state index < -0.39 is 11.9 Å². The summed E-state index contributed by atoms with van der Waals surface area (Å²) in [5.41, 5.74) is 2.06. The zero-order chi connectivity index (χ0) is 20.7. The smallest absolute Gasteiger partial charge is 0.412 e. The zero-order valence-corrected chi connectivity index (χ0v) is 16.5. The highest BCUT2D eigenvalue weighted by molar-refractivity contribution is 6.35. The van der Waals surface area contributed by atoms with Crippen molar-refractivity contribution in [1.29, 1.82) is 0 Å². The summed E-state index contributed by atoms with van der Waals surface area (Å²) in [6.45, 7) is 3.80. The molecule has 0 saturated heterocycles. The van der Waals surface area contributed by atoms with Gasteiger partial charge in [-0.2, -0.15) is 5.10 Å². The van der Waals surface area contributed by atoms with E-state index in [9.17, 15) is 4.79 Å². The molecule has 4 aromatic rings. The summed E-state index contributed by atoms with van der Waals surface area (Å²) in [5, 5.41) is 13.0. The lowest BCUT2D eigenvalue weighted by molar-refractivity contribution is 0.187. The van der Waals surface area contributed by atoms with Gasteiger partial charge in [-0.05, 0) is 13.8 Å². The summed E-state index contributed by atoms with van der Waals surface area (Å²) in [5.74, 6) is -0.300. The minimum atomic E-state index is -0.639. The number of halogens is 2. The van der Waals surface area contributed by atoms with Gasteiger partial charge in [0, 0.05) is 23.2 Å². The Hall–Kier alpha value is -3.40.